The second kappa shape index (κ2) is 17.1. The molecule has 0 amide bonds. The largest absolute Gasteiger partial charge is 0.309 e. The number of hydrogen-bond donors (Lipinski definition) is 0. The molecule has 10 heteroatoms. The number of para-hydroxylation sites is 2. The van der Waals surface area contributed by atoms with Crippen LogP contribution in [-0.4, -0.2) is 49.0 Å². The molecule has 342 valence electrons. The first-order valence-electron chi connectivity index (χ1n) is 24.0. The minimum absolute atomic E-state index is 0.629. The molecule has 10 nitrogen and oxygen atoms in total. The monoisotopic (exact) mass is 928 g/mol. The van der Waals surface area contributed by atoms with Crippen LogP contribution in [0.25, 0.3) is 123 Å². The molecule has 5 aromatic heterocycles. The summed E-state index contributed by atoms with van der Waals surface area (Å²) in [6, 6.07) is 68.5. The quantitative estimate of drug-likeness (QED) is 0.148. The summed E-state index contributed by atoms with van der Waals surface area (Å²) in [5, 5.41) is 4.49. The second-order valence-electron chi connectivity index (χ2n) is 18.2. The highest BCUT2D eigenvalue weighted by Gasteiger charge is 2.22. The van der Waals surface area contributed by atoms with Crippen molar-refractivity contribution >= 4 is 43.6 Å². The van der Waals surface area contributed by atoms with Crippen LogP contribution >= 0.6 is 0 Å². The van der Waals surface area contributed by atoms with Crippen molar-refractivity contribution in [3.05, 3.63) is 217 Å². The molecule has 0 unspecified atom stereocenters. The Bertz CT molecular complexity index is 4010. The summed E-state index contributed by atoms with van der Waals surface area (Å²) in [7, 11) is 0. The van der Waals surface area contributed by atoms with Gasteiger partial charge < -0.3 is 9.13 Å². The first-order chi connectivity index (χ1) is 35.3. The average Bonchev–Trinajstić information content (AvgIpc) is 3.93. The summed E-state index contributed by atoms with van der Waals surface area (Å²) in [6.07, 6.45) is 0. The van der Waals surface area contributed by atoms with Crippen LogP contribution in [-0.2, 0) is 0 Å². The molecular weight excluding hydrogens is 885 g/mol. The third kappa shape index (κ3) is 7.44. The fraction of sp³-hybridized carbons (Fsp3) is 0.0645. The maximum Gasteiger partial charge on any atom is 0.163 e. The minimum Gasteiger partial charge on any atom is -0.309 e. The van der Waals surface area contributed by atoms with Crippen molar-refractivity contribution in [3.8, 4) is 79.2 Å². The van der Waals surface area contributed by atoms with E-state index in [1.807, 2.05) is 64.1 Å². The van der Waals surface area contributed by atoms with Crippen molar-refractivity contribution in [3.63, 3.8) is 0 Å². The van der Waals surface area contributed by atoms with Gasteiger partial charge in [-0.2, -0.15) is 0 Å². The van der Waals surface area contributed by atoms with Crippen LogP contribution in [0.2, 0.25) is 0 Å². The predicted molar refractivity (Wildman–Crippen MR) is 289 cm³/mol. The van der Waals surface area contributed by atoms with E-state index >= 15 is 0 Å². The van der Waals surface area contributed by atoms with E-state index in [0.717, 1.165) is 94.5 Å². The average molecular weight is 929 g/mol. The van der Waals surface area contributed by atoms with Gasteiger partial charge in [0.2, 0.25) is 0 Å². The van der Waals surface area contributed by atoms with Crippen molar-refractivity contribution in [1.29, 1.82) is 0 Å². The SMILES string of the molecule is Cc1nc(C)nc(-c2ccc3c(c2)c2cc(-c4nc(C)nc(C)n4)ccc2n3-c2ccc(-c3cc(-c4ccccc4)nc(-c4ccccc4)n3)cc2-c2cccc(-n3c4ccccc4c4ccccc43)c2)n1. The van der Waals surface area contributed by atoms with Gasteiger partial charge in [-0.25, -0.2) is 39.9 Å². The molecule has 13 aromatic rings. The van der Waals surface area contributed by atoms with Crippen LogP contribution < -0.4 is 0 Å². The summed E-state index contributed by atoms with van der Waals surface area (Å²) in [4.78, 5) is 38.5. The number of rotatable bonds is 8. The van der Waals surface area contributed by atoms with Gasteiger partial charge >= 0.3 is 0 Å². The Hall–Kier alpha value is -9.54. The summed E-state index contributed by atoms with van der Waals surface area (Å²) in [6.45, 7) is 7.62. The molecule has 0 atom stereocenters. The van der Waals surface area contributed by atoms with Gasteiger partial charge in [0.05, 0.1) is 39.1 Å². The highest BCUT2D eigenvalue weighted by atomic mass is 15.0. The van der Waals surface area contributed by atoms with Crippen LogP contribution in [0.4, 0.5) is 0 Å². The van der Waals surface area contributed by atoms with E-state index in [2.05, 4.69) is 177 Å². The molecule has 8 aromatic carbocycles. The van der Waals surface area contributed by atoms with E-state index in [9.17, 15) is 0 Å². The number of benzene rings is 8. The third-order valence-corrected chi connectivity index (χ3v) is 13.4. The maximum absolute atomic E-state index is 5.30. The van der Waals surface area contributed by atoms with Crippen LogP contribution in [0.15, 0.2) is 194 Å². The van der Waals surface area contributed by atoms with Gasteiger partial charge in [-0.1, -0.05) is 115 Å². The third-order valence-electron chi connectivity index (χ3n) is 13.4. The molecule has 0 aliphatic carbocycles. The van der Waals surface area contributed by atoms with Crippen LogP contribution in [0.5, 0.6) is 0 Å². The van der Waals surface area contributed by atoms with Gasteiger partial charge in [0.25, 0.3) is 0 Å². The number of fused-ring (bicyclic) bond motifs is 6. The molecule has 0 aliphatic heterocycles. The minimum atomic E-state index is 0.629. The van der Waals surface area contributed by atoms with Crippen molar-refractivity contribution in [2.45, 2.75) is 27.7 Å². The highest BCUT2D eigenvalue weighted by Crippen LogP contribution is 2.42. The lowest BCUT2D eigenvalue weighted by Crippen LogP contribution is -2.01. The Morgan fingerprint density at radius 3 is 1.31 bits per heavy atom. The fourth-order valence-corrected chi connectivity index (χ4v) is 10.3. The lowest BCUT2D eigenvalue weighted by Gasteiger charge is -2.18. The Kier molecular flexibility index (Phi) is 10.1. The predicted octanol–water partition coefficient (Wildman–Crippen LogP) is 14.3. The molecule has 0 aliphatic rings. The van der Waals surface area contributed by atoms with E-state index in [1.165, 1.54) is 10.8 Å². The molecular formula is C62H44N10. The van der Waals surface area contributed by atoms with Crippen molar-refractivity contribution in [1.82, 2.24) is 49.0 Å². The van der Waals surface area contributed by atoms with Crippen molar-refractivity contribution in [2.24, 2.45) is 0 Å². The van der Waals surface area contributed by atoms with Crippen molar-refractivity contribution in [2.75, 3.05) is 0 Å². The maximum atomic E-state index is 5.30. The summed E-state index contributed by atoms with van der Waals surface area (Å²) >= 11 is 0. The van der Waals surface area contributed by atoms with Gasteiger partial charge in [0.1, 0.15) is 23.3 Å². The molecule has 0 saturated heterocycles. The van der Waals surface area contributed by atoms with Crippen LogP contribution in [0.3, 0.4) is 0 Å². The Morgan fingerprint density at radius 2 is 0.736 bits per heavy atom. The molecule has 0 fully saturated rings. The standard InChI is InChI=1S/C62H44N10/c1-37-63-38(2)66-61(65-37)45-27-30-58-51(34-45)52-35-46(62-67-39(3)64-40(4)68-62)28-31-59(52)72(58)57-29-26-44(54-36-53(41-16-7-5-8-17-41)69-60(70-54)42-18-9-6-10-19-42)33-50(57)43-20-15-21-47(32-43)71-55-24-13-11-22-48(55)49-23-12-14-25-56(49)71/h5-36H,1-4H3. The Labute approximate surface area is 415 Å². The van der Waals surface area contributed by atoms with Crippen LogP contribution in [0.1, 0.15) is 23.3 Å². The van der Waals surface area contributed by atoms with E-state index in [4.69, 9.17) is 29.9 Å². The number of aromatic nitrogens is 10. The lowest BCUT2D eigenvalue weighted by atomic mass is 9.97. The number of aryl methyl sites for hydroxylation is 4. The van der Waals surface area contributed by atoms with Crippen LogP contribution in [0, 0.1) is 27.7 Å². The number of nitrogens with zero attached hydrogens (tertiary/aromatic N) is 10. The van der Waals surface area contributed by atoms with E-state index in [1.54, 1.807) is 0 Å². The van der Waals surface area contributed by atoms with Gasteiger partial charge in [-0.3, -0.25) is 0 Å². The van der Waals surface area contributed by atoms with Crippen molar-refractivity contribution < 1.29 is 0 Å². The molecule has 5 heterocycles. The zero-order chi connectivity index (χ0) is 48.5. The molecule has 0 spiro atoms. The smallest absolute Gasteiger partial charge is 0.163 e. The van der Waals surface area contributed by atoms with Gasteiger partial charge in [0, 0.05) is 60.6 Å². The zero-order valence-corrected chi connectivity index (χ0v) is 39.9. The van der Waals surface area contributed by atoms with E-state index in [-0.39, 0.29) is 0 Å². The molecule has 0 N–H and O–H groups in total. The molecule has 0 bridgehead atoms. The van der Waals surface area contributed by atoms with Gasteiger partial charge in [0.15, 0.2) is 17.5 Å². The molecule has 0 saturated carbocycles. The summed E-state index contributed by atoms with van der Waals surface area (Å²) < 4.78 is 4.75. The first kappa shape index (κ1) is 42.6. The normalized spacial score (nSPS) is 11.6. The molecule has 72 heavy (non-hydrogen) atoms. The Morgan fingerprint density at radius 1 is 0.278 bits per heavy atom. The van der Waals surface area contributed by atoms with Gasteiger partial charge in [-0.15, -0.1) is 0 Å². The fourth-order valence-electron chi connectivity index (χ4n) is 10.3. The number of hydrogen-bond acceptors (Lipinski definition) is 8. The highest BCUT2D eigenvalue weighted by molar-refractivity contribution is 6.12. The summed E-state index contributed by atoms with van der Waals surface area (Å²) in [5.74, 6) is 4.61. The van der Waals surface area contributed by atoms with E-state index < -0.39 is 0 Å². The lowest BCUT2D eigenvalue weighted by molar-refractivity contribution is 0.928. The van der Waals surface area contributed by atoms with E-state index in [0.29, 0.717) is 40.8 Å². The second-order valence-corrected chi connectivity index (χ2v) is 18.2. The van der Waals surface area contributed by atoms with Gasteiger partial charge in [-0.05, 0) is 112 Å². The molecule has 13 rings (SSSR count). The summed E-state index contributed by atoms with van der Waals surface area (Å²) in [5.41, 5.74) is 14.8. The Balaban J connectivity index is 1.08. The topological polar surface area (TPSA) is 113 Å². The first-order valence-corrected chi connectivity index (χ1v) is 24.0. The zero-order valence-electron chi connectivity index (χ0n) is 39.9. The molecule has 0 radical (unpaired) electrons.